The number of rotatable bonds is 8. The van der Waals surface area contributed by atoms with E-state index >= 15 is 0 Å². The summed E-state index contributed by atoms with van der Waals surface area (Å²) < 4.78 is 6.76. The Morgan fingerprint density at radius 2 is 1.94 bits per heavy atom. The van der Waals surface area contributed by atoms with Crippen molar-refractivity contribution in [1.82, 2.24) is 20.4 Å². The number of fused-ring (bicyclic) bond motifs is 1. The van der Waals surface area contributed by atoms with E-state index in [4.69, 9.17) is 16.3 Å². The maximum absolute atomic E-state index is 13.0. The molecule has 0 radical (unpaired) electrons. The number of benzene rings is 2. The maximum Gasteiger partial charge on any atom is 0.273 e. The molecule has 2 amide bonds. The number of nitrogens with zero attached hydrogens (tertiary/aromatic N) is 2. The van der Waals surface area contributed by atoms with Crippen LogP contribution in [0.1, 0.15) is 30.6 Å². The van der Waals surface area contributed by atoms with Crippen LogP contribution < -0.4 is 21.1 Å². The number of aromatic nitrogens is 2. The Labute approximate surface area is 200 Å². The van der Waals surface area contributed by atoms with Crippen molar-refractivity contribution in [2.24, 2.45) is 5.92 Å². The van der Waals surface area contributed by atoms with Crippen molar-refractivity contribution in [1.29, 1.82) is 0 Å². The number of hydrazine groups is 1. The van der Waals surface area contributed by atoms with Gasteiger partial charge in [-0.05, 0) is 42.7 Å². The highest BCUT2D eigenvalue weighted by Gasteiger charge is 2.16. The first-order valence-corrected chi connectivity index (χ1v) is 11.7. The van der Waals surface area contributed by atoms with Crippen molar-refractivity contribution >= 4 is 46.1 Å². The molecular weight excluding hydrogens is 464 g/mol. The number of carbonyl (C=O) groups is 2. The Bertz CT molecular complexity index is 1230. The molecule has 2 aromatic carbocycles. The van der Waals surface area contributed by atoms with Crippen LogP contribution in [0.5, 0.6) is 5.75 Å². The SMILES string of the molecule is COc1ccc(Cl)cc1C(=O)NNC(=O)CSc1nc2ccccc2c(=O)n1CCC(C)C. The van der Waals surface area contributed by atoms with E-state index < -0.39 is 11.8 Å². The van der Waals surface area contributed by atoms with Crippen LogP contribution in [-0.4, -0.2) is 34.2 Å². The minimum atomic E-state index is -0.564. The zero-order valence-electron chi connectivity index (χ0n) is 18.6. The molecule has 0 atom stereocenters. The summed E-state index contributed by atoms with van der Waals surface area (Å²) in [6, 6.07) is 11.7. The molecule has 1 aromatic heterocycles. The van der Waals surface area contributed by atoms with Crippen molar-refractivity contribution in [2.45, 2.75) is 32.0 Å². The normalized spacial score (nSPS) is 10.9. The topological polar surface area (TPSA) is 102 Å². The fraction of sp³-hybridized carbons (Fsp3) is 0.304. The van der Waals surface area contributed by atoms with E-state index in [2.05, 4.69) is 29.7 Å². The van der Waals surface area contributed by atoms with Gasteiger partial charge in [0.25, 0.3) is 11.5 Å². The molecule has 3 rings (SSSR count). The summed E-state index contributed by atoms with van der Waals surface area (Å²) in [4.78, 5) is 42.4. The van der Waals surface area contributed by atoms with Crippen molar-refractivity contribution in [3.8, 4) is 5.75 Å². The van der Waals surface area contributed by atoms with Crippen LogP contribution in [0.15, 0.2) is 52.4 Å². The van der Waals surface area contributed by atoms with E-state index in [0.717, 1.165) is 18.2 Å². The molecule has 0 saturated carbocycles. The Morgan fingerprint density at radius 1 is 1.18 bits per heavy atom. The monoisotopic (exact) mass is 488 g/mol. The van der Waals surface area contributed by atoms with Gasteiger partial charge in [0.1, 0.15) is 5.75 Å². The number of carbonyl (C=O) groups excluding carboxylic acids is 2. The number of thioether (sulfide) groups is 1. The van der Waals surface area contributed by atoms with E-state index in [9.17, 15) is 14.4 Å². The Morgan fingerprint density at radius 3 is 2.67 bits per heavy atom. The van der Waals surface area contributed by atoms with Gasteiger partial charge in [-0.3, -0.25) is 29.8 Å². The lowest BCUT2D eigenvalue weighted by Crippen LogP contribution is -2.42. The van der Waals surface area contributed by atoms with Gasteiger partial charge in [-0.1, -0.05) is 49.3 Å². The van der Waals surface area contributed by atoms with E-state index in [1.165, 1.54) is 13.2 Å². The minimum absolute atomic E-state index is 0.0422. The van der Waals surface area contributed by atoms with Crippen LogP contribution in [0.3, 0.4) is 0 Å². The molecule has 0 spiro atoms. The van der Waals surface area contributed by atoms with Crippen LogP contribution in [0.25, 0.3) is 10.9 Å². The lowest BCUT2D eigenvalue weighted by atomic mass is 10.1. The largest absolute Gasteiger partial charge is 0.496 e. The highest BCUT2D eigenvalue weighted by molar-refractivity contribution is 7.99. The summed E-state index contributed by atoms with van der Waals surface area (Å²) >= 11 is 7.09. The molecule has 33 heavy (non-hydrogen) atoms. The third-order valence-corrected chi connectivity index (χ3v) is 6.02. The second-order valence-electron chi connectivity index (χ2n) is 7.69. The van der Waals surface area contributed by atoms with Gasteiger partial charge in [-0.15, -0.1) is 0 Å². The number of hydrogen-bond acceptors (Lipinski definition) is 6. The predicted molar refractivity (Wildman–Crippen MR) is 130 cm³/mol. The van der Waals surface area contributed by atoms with Gasteiger partial charge in [0.2, 0.25) is 5.91 Å². The molecule has 1 heterocycles. The molecule has 3 aromatic rings. The summed E-state index contributed by atoms with van der Waals surface area (Å²) in [5.41, 5.74) is 5.36. The molecule has 10 heteroatoms. The maximum atomic E-state index is 13.0. The molecule has 0 aliphatic rings. The van der Waals surface area contributed by atoms with Gasteiger partial charge in [0, 0.05) is 11.6 Å². The number of hydrogen-bond donors (Lipinski definition) is 2. The highest BCUT2D eigenvalue weighted by Crippen LogP contribution is 2.22. The molecule has 0 unspecified atom stereocenters. The zero-order chi connectivity index (χ0) is 24.0. The molecule has 0 aliphatic heterocycles. The zero-order valence-corrected chi connectivity index (χ0v) is 20.1. The molecule has 8 nitrogen and oxygen atoms in total. The average molecular weight is 489 g/mol. The van der Waals surface area contributed by atoms with Gasteiger partial charge in [0.15, 0.2) is 5.16 Å². The van der Waals surface area contributed by atoms with Crippen molar-refractivity contribution in [3.63, 3.8) is 0 Å². The molecule has 0 bridgehead atoms. The van der Waals surface area contributed by atoms with Gasteiger partial charge >= 0.3 is 0 Å². The second-order valence-corrected chi connectivity index (χ2v) is 9.07. The fourth-order valence-corrected chi connectivity index (χ4v) is 4.06. The molecule has 0 fully saturated rings. The molecular formula is C23H25ClN4O4S. The third kappa shape index (κ3) is 6.27. The van der Waals surface area contributed by atoms with Gasteiger partial charge < -0.3 is 4.74 Å². The Kier molecular flexibility index (Phi) is 8.35. The molecule has 174 valence electrons. The third-order valence-electron chi connectivity index (χ3n) is 4.81. The summed E-state index contributed by atoms with van der Waals surface area (Å²) in [6.07, 6.45) is 0.803. The number of nitrogens with one attached hydrogen (secondary N) is 2. The summed E-state index contributed by atoms with van der Waals surface area (Å²) in [5, 5.41) is 1.36. The average Bonchev–Trinajstić information content (AvgIpc) is 2.80. The first kappa shape index (κ1) is 24.6. The second kappa shape index (κ2) is 11.2. The lowest BCUT2D eigenvalue weighted by molar-refractivity contribution is -0.119. The quantitative estimate of drug-likeness (QED) is 0.285. The van der Waals surface area contributed by atoms with E-state index in [-0.39, 0.29) is 16.9 Å². The first-order chi connectivity index (χ1) is 15.8. The van der Waals surface area contributed by atoms with Crippen molar-refractivity contribution in [2.75, 3.05) is 12.9 Å². The van der Waals surface area contributed by atoms with Crippen LogP contribution >= 0.6 is 23.4 Å². The number of amides is 2. The number of halogens is 1. The van der Waals surface area contributed by atoms with Gasteiger partial charge in [0.05, 0.1) is 29.3 Å². The first-order valence-electron chi connectivity index (χ1n) is 10.3. The summed E-state index contributed by atoms with van der Waals surface area (Å²) in [6.45, 7) is 4.66. The number of para-hydroxylation sites is 1. The Balaban J connectivity index is 1.70. The molecule has 2 N–H and O–H groups in total. The fourth-order valence-electron chi connectivity index (χ4n) is 3.06. The van der Waals surface area contributed by atoms with Crippen molar-refractivity contribution in [3.05, 3.63) is 63.4 Å². The number of methoxy groups -OCH3 is 1. The number of ether oxygens (including phenoxy) is 1. The van der Waals surface area contributed by atoms with Crippen LogP contribution in [0.4, 0.5) is 0 Å². The smallest absolute Gasteiger partial charge is 0.273 e. The van der Waals surface area contributed by atoms with Crippen LogP contribution in [0.2, 0.25) is 5.02 Å². The van der Waals surface area contributed by atoms with E-state index in [1.807, 2.05) is 6.07 Å². The van der Waals surface area contributed by atoms with Crippen molar-refractivity contribution < 1.29 is 14.3 Å². The summed E-state index contributed by atoms with van der Waals surface area (Å²) in [7, 11) is 1.44. The van der Waals surface area contributed by atoms with Gasteiger partial charge in [-0.25, -0.2) is 4.98 Å². The van der Waals surface area contributed by atoms with Gasteiger partial charge in [-0.2, -0.15) is 0 Å². The standard InChI is InChI=1S/C23H25ClN4O4S/c1-14(2)10-11-28-22(31)16-6-4-5-7-18(16)25-23(28)33-13-20(29)26-27-21(30)17-12-15(24)8-9-19(17)32-3/h4-9,12,14H,10-11,13H2,1-3H3,(H,26,29)(H,27,30). The molecule has 0 aliphatic carbocycles. The van der Waals surface area contributed by atoms with Crippen LogP contribution in [0, 0.1) is 5.92 Å². The highest BCUT2D eigenvalue weighted by atomic mass is 35.5. The summed E-state index contributed by atoms with van der Waals surface area (Å²) in [5.74, 6) is -0.324. The predicted octanol–water partition coefficient (Wildman–Crippen LogP) is 3.66. The molecule has 0 saturated heterocycles. The minimum Gasteiger partial charge on any atom is -0.496 e. The lowest BCUT2D eigenvalue weighted by Gasteiger charge is -2.14. The van der Waals surface area contributed by atoms with Crippen LogP contribution in [-0.2, 0) is 11.3 Å². The van der Waals surface area contributed by atoms with E-state index in [0.29, 0.717) is 39.3 Å². The Hall–Kier alpha value is -3.04. The van der Waals surface area contributed by atoms with E-state index in [1.54, 1.807) is 34.9 Å².